The molecule has 0 aliphatic heterocycles. The van der Waals surface area contributed by atoms with Gasteiger partial charge < -0.3 is 16.4 Å². The van der Waals surface area contributed by atoms with E-state index >= 15 is 0 Å². The predicted molar refractivity (Wildman–Crippen MR) is 102 cm³/mol. The van der Waals surface area contributed by atoms with Crippen LogP contribution >= 0.6 is 0 Å². The fourth-order valence-electron chi connectivity index (χ4n) is 2.61. The van der Waals surface area contributed by atoms with Gasteiger partial charge in [0.15, 0.2) is 5.82 Å². The fraction of sp³-hybridized carbons (Fsp3) is 0.167. The Bertz CT molecular complexity index is 950. The molecule has 0 saturated heterocycles. The van der Waals surface area contributed by atoms with Crippen molar-refractivity contribution in [2.75, 3.05) is 23.7 Å². The van der Waals surface area contributed by atoms with Gasteiger partial charge in [-0.2, -0.15) is 5.10 Å². The molecule has 0 aliphatic carbocycles. The maximum atomic E-state index is 11.8. The second-order valence-corrected chi connectivity index (χ2v) is 5.76. The summed E-state index contributed by atoms with van der Waals surface area (Å²) in [6.07, 6.45) is 0. The van der Waals surface area contributed by atoms with E-state index in [1.807, 2.05) is 42.5 Å². The average molecular weight is 352 g/mol. The Morgan fingerprint density at radius 3 is 2.69 bits per heavy atom. The van der Waals surface area contributed by atoms with Gasteiger partial charge in [-0.25, -0.2) is 4.79 Å². The molecular formula is C18H20N6O2. The molecule has 2 aromatic carbocycles. The average Bonchev–Trinajstić information content (AvgIpc) is 3.01. The molecule has 1 aromatic heterocycles. The number of amides is 3. The molecule has 134 valence electrons. The first kappa shape index (κ1) is 17.4. The van der Waals surface area contributed by atoms with Crippen LogP contribution in [0, 0.1) is 0 Å². The van der Waals surface area contributed by atoms with Crippen LogP contribution in [0.4, 0.5) is 16.3 Å². The molecule has 8 heteroatoms. The number of hydrogen-bond acceptors (Lipinski definition) is 4. The summed E-state index contributed by atoms with van der Waals surface area (Å²) in [7, 11) is 0. The van der Waals surface area contributed by atoms with Gasteiger partial charge in [0.25, 0.3) is 0 Å². The van der Waals surface area contributed by atoms with Gasteiger partial charge in [0.2, 0.25) is 5.91 Å². The first-order chi connectivity index (χ1) is 12.6. The standard InChI is InChI=1S/C18H20N6O2/c1-11(25)21-14-4-2-3-12(9-14)13-5-6-15-16(10-13)23-24-17(15)22-18(26)20-8-7-19/h2-6,9-10H,7-8,19H2,1H3,(H,21,25)(H3,20,22,23,24,26). The highest BCUT2D eigenvalue weighted by Crippen LogP contribution is 2.28. The summed E-state index contributed by atoms with van der Waals surface area (Å²) in [6.45, 7) is 2.24. The SMILES string of the molecule is CC(=O)Nc1cccc(-c2ccc3c(NC(=O)NCCN)n[nH]c3c2)c1. The quantitative estimate of drug-likeness (QED) is 0.483. The van der Waals surface area contributed by atoms with E-state index < -0.39 is 0 Å². The molecule has 0 atom stereocenters. The molecule has 8 nitrogen and oxygen atoms in total. The third-order valence-corrected chi connectivity index (χ3v) is 3.74. The van der Waals surface area contributed by atoms with Gasteiger partial charge in [-0.3, -0.25) is 15.2 Å². The second kappa shape index (κ2) is 7.66. The van der Waals surface area contributed by atoms with Crippen LogP contribution in [-0.4, -0.2) is 35.2 Å². The van der Waals surface area contributed by atoms with Crippen LogP contribution in [0.1, 0.15) is 6.92 Å². The minimum absolute atomic E-state index is 0.116. The molecule has 26 heavy (non-hydrogen) atoms. The van der Waals surface area contributed by atoms with Crippen molar-refractivity contribution in [3.63, 3.8) is 0 Å². The molecule has 0 unspecified atom stereocenters. The molecule has 0 aliphatic rings. The van der Waals surface area contributed by atoms with E-state index in [-0.39, 0.29) is 11.9 Å². The van der Waals surface area contributed by atoms with Crippen molar-refractivity contribution < 1.29 is 9.59 Å². The minimum Gasteiger partial charge on any atom is -0.337 e. The molecule has 3 rings (SSSR count). The largest absolute Gasteiger partial charge is 0.337 e. The number of fused-ring (bicyclic) bond motifs is 1. The number of benzene rings is 2. The number of aromatic amines is 1. The molecule has 6 N–H and O–H groups in total. The molecule has 0 radical (unpaired) electrons. The van der Waals surface area contributed by atoms with E-state index in [1.54, 1.807) is 0 Å². The summed E-state index contributed by atoms with van der Waals surface area (Å²) >= 11 is 0. The third kappa shape index (κ3) is 3.98. The second-order valence-electron chi connectivity index (χ2n) is 5.76. The Morgan fingerprint density at radius 1 is 1.12 bits per heavy atom. The van der Waals surface area contributed by atoms with Crippen molar-refractivity contribution in [2.24, 2.45) is 5.73 Å². The van der Waals surface area contributed by atoms with Crippen LogP contribution in [0.3, 0.4) is 0 Å². The van der Waals surface area contributed by atoms with Crippen LogP contribution < -0.4 is 21.7 Å². The fourth-order valence-corrected chi connectivity index (χ4v) is 2.61. The lowest BCUT2D eigenvalue weighted by Crippen LogP contribution is -2.33. The molecular weight excluding hydrogens is 332 g/mol. The summed E-state index contributed by atoms with van der Waals surface area (Å²) < 4.78 is 0. The number of aromatic nitrogens is 2. The van der Waals surface area contributed by atoms with E-state index in [9.17, 15) is 9.59 Å². The van der Waals surface area contributed by atoms with Crippen molar-refractivity contribution >= 4 is 34.3 Å². The lowest BCUT2D eigenvalue weighted by molar-refractivity contribution is -0.114. The van der Waals surface area contributed by atoms with Crippen molar-refractivity contribution in [3.05, 3.63) is 42.5 Å². The topological polar surface area (TPSA) is 125 Å². The number of nitrogens with one attached hydrogen (secondary N) is 4. The number of hydrogen-bond donors (Lipinski definition) is 5. The van der Waals surface area contributed by atoms with Crippen molar-refractivity contribution in [3.8, 4) is 11.1 Å². The minimum atomic E-state index is -0.351. The Kier molecular flexibility index (Phi) is 5.14. The molecule has 3 amide bonds. The van der Waals surface area contributed by atoms with E-state index in [1.165, 1.54) is 6.92 Å². The monoisotopic (exact) mass is 352 g/mol. The highest BCUT2D eigenvalue weighted by molar-refractivity contribution is 6.00. The van der Waals surface area contributed by atoms with E-state index in [0.717, 1.165) is 27.7 Å². The van der Waals surface area contributed by atoms with Gasteiger partial charge in [0.05, 0.1) is 5.52 Å². The Balaban J connectivity index is 1.84. The zero-order valence-corrected chi connectivity index (χ0v) is 14.3. The molecule has 0 saturated carbocycles. The maximum Gasteiger partial charge on any atom is 0.320 e. The summed E-state index contributed by atoms with van der Waals surface area (Å²) in [5, 5.41) is 16.0. The van der Waals surface area contributed by atoms with Crippen LogP contribution in [0.5, 0.6) is 0 Å². The zero-order chi connectivity index (χ0) is 18.5. The number of rotatable bonds is 5. The lowest BCUT2D eigenvalue weighted by atomic mass is 10.0. The molecule has 1 heterocycles. The predicted octanol–water partition coefficient (Wildman–Crippen LogP) is 2.27. The smallest absolute Gasteiger partial charge is 0.320 e. The number of H-pyrrole nitrogens is 1. The van der Waals surface area contributed by atoms with E-state index in [2.05, 4.69) is 26.1 Å². The summed E-state index contributed by atoms with van der Waals surface area (Å²) in [4.78, 5) is 23.0. The number of nitrogens with two attached hydrogens (primary N) is 1. The van der Waals surface area contributed by atoms with Gasteiger partial charge in [-0.05, 0) is 35.4 Å². The van der Waals surface area contributed by atoms with Gasteiger partial charge in [0, 0.05) is 31.1 Å². The Hall–Kier alpha value is -3.39. The highest BCUT2D eigenvalue weighted by atomic mass is 16.2. The van der Waals surface area contributed by atoms with Gasteiger partial charge in [0.1, 0.15) is 0 Å². The van der Waals surface area contributed by atoms with Crippen LogP contribution in [0.15, 0.2) is 42.5 Å². The lowest BCUT2D eigenvalue weighted by Gasteiger charge is -2.07. The number of carbonyl (C=O) groups excluding carboxylic acids is 2. The molecule has 0 fully saturated rings. The van der Waals surface area contributed by atoms with Crippen LogP contribution in [-0.2, 0) is 4.79 Å². The first-order valence-corrected chi connectivity index (χ1v) is 8.18. The maximum absolute atomic E-state index is 11.8. The Labute approximate surface area is 150 Å². The third-order valence-electron chi connectivity index (χ3n) is 3.74. The van der Waals surface area contributed by atoms with E-state index in [4.69, 9.17) is 5.73 Å². The van der Waals surface area contributed by atoms with E-state index in [0.29, 0.717) is 18.9 Å². The van der Waals surface area contributed by atoms with Gasteiger partial charge >= 0.3 is 6.03 Å². The number of anilines is 2. The summed E-state index contributed by atoms with van der Waals surface area (Å²) in [6, 6.07) is 13.0. The number of nitrogens with zero attached hydrogens (tertiary/aromatic N) is 1. The summed E-state index contributed by atoms with van der Waals surface area (Å²) in [5.74, 6) is 0.336. The van der Waals surface area contributed by atoms with Crippen molar-refractivity contribution in [1.29, 1.82) is 0 Å². The van der Waals surface area contributed by atoms with Gasteiger partial charge in [-0.15, -0.1) is 0 Å². The van der Waals surface area contributed by atoms with Crippen LogP contribution in [0.25, 0.3) is 22.0 Å². The molecule has 0 bridgehead atoms. The molecule has 3 aromatic rings. The van der Waals surface area contributed by atoms with Gasteiger partial charge in [-0.1, -0.05) is 18.2 Å². The number of carbonyl (C=O) groups is 2. The Morgan fingerprint density at radius 2 is 1.92 bits per heavy atom. The van der Waals surface area contributed by atoms with Crippen LogP contribution in [0.2, 0.25) is 0 Å². The number of urea groups is 1. The zero-order valence-electron chi connectivity index (χ0n) is 14.3. The summed E-state index contributed by atoms with van der Waals surface area (Å²) in [5.41, 5.74) is 8.82. The highest BCUT2D eigenvalue weighted by Gasteiger charge is 2.10. The van der Waals surface area contributed by atoms with Crippen molar-refractivity contribution in [2.45, 2.75) is 6.92 Å². The first-order valence-electron chi connectivity index (χ1n) is 8.18. The normalized spacial score (nSPS) is 10.5. The molecule has 0 spiro atoms. The van der Waals surface area contributed by atoms with Crippen molar-refractivity contribution in [1.82, 2.24) is 15.5 Å².